The molecule has 10 heteroatoms. The van der Waals surface area contributed by atoms with Crippen molar-refractivity contribution in [2.45, 2.75) is 26.3 Å². The molecule has 0 radical (unpaired) electrons. The van der Waals surface area contributed by atoms with Gasteiger partial charge in [0, 0.05) is 49.6 Å². The summed E-state index contributed by atoms with van der Waals surface area (Å²) in [5, 5.41) is 5.98. The highest BCUT2D eigenvalue weighted by atomic mass is 19.1. The van der Waals surface area contributed by atoms with E-state index in [2.05, 4.69) is 10.0 Å². The van der Waals surface area contributed by atoms with Crippen molar-refractivity contribution >= 4 is 17.5 Å². The molecule has 0 aliphatic carbocycles. The Labute approximate surface area is 229 Å². The number of hydrogen-bond donors (Lipinski definition) is 0. The van der Waals surface area contributed by atoms with Crippen LogP contribution in [0, 0.1) is 11.7 Å². The van der Waals surface area contributed by atoms with Crippen LogP contribution in [-0.4, -0.2) is 92.5 Å². The van der Waals surface area contributed by atoms with Crippen molar-refractivity contribution in [3.05, 3.63) is 59.4 Å². The highest BCUT2D eigenvalue weighted by Crippen LogP contribution is 2.39. The summed E-state index contributed by atoms with van der Waals surface area (Å²) in [4.78, 5) is 30.8. The number of amides is 2. The molecular weight excluding hydrogens is 503 g/mol. The van der Waals surface area contributed by atoms with Crippen LogP contribution in [0.4, 0.5) is 4.39 Å². The van der Waals surface area contributed by atoms with E-state index in [-0.39, 0.29) is 30.7 Å². The first-order valence-corrected chi connectivity index (χ1v) is 13.3. The second kappa shape index (κ2) is 13.0. The van der Waals surface area contributed by atoms with Gasteiger partial charge in [-0.3, -0.25) is 14.5 Å². The zero-order chi connectivity index (χ0) is 27.9. The molecule has 0 saturated carbocycles. The van der Waals surface area contributed by atoms with Crippen LogP contribution in [0.15, 0.2) is 47.6 Å². The Balaban J connectivity index is 1.64. The van der Waals surface area contributed by atoms with E-state index in [0.717, 1.165) is 13.1 Å². The topological polar surface area (TPSA) is 83.9 Å². The van der Waals surface area contributed by atoms with Crippen molar-refractivity contribution in [3.63, 3.8) is 0 Å². The molecule has 39 heavy (non-hydrogen) atoms. The minimum atomic E-state index is -0.563. The van der Waals surface area contributed by atoms with Gasteiger partial charge in [0.05, 0.1) is 39.2 Å². The predicted molar refractivity (Wildman–Crippen MR) is 145 cm³/mol. The number of benzene rings is 2. The average Bonchev–Trinajstić information content (AvgIpc) is 3.40. The number of carbonyl (C=O) groups excluding carboxylic acids is 2. The van der Waals surface area contributed by atoms with Crippen molar-refractivity contribution in [1.29, 1.82) is 0 Å². The first kappa shape index (κ1) is 28.5. The summed E-state index contributed by atoms with van der Waals surface area (Å²) >= 11 is 0. The molecule has 0 N–H and O–H groups in total. The second-order valence-electron chi connectivity index (χ2n) is 9.96. The second-order valence-corrected chi connectivity index (χ2v) is 9.96. The van der Waals surface area contributed by atoms with Crippen molar-refractivity contribution in [1.82, 2.24) is 14.8 Å². The van der Waals surface area contributed by atoms with E-state index in [9.17, 15) is 14.0 Å². The van der Waals surface area contributed by atoms with Crippen LogP contribution in [0.1, 0.15) is 37.4 Å². The summed E-state index contributed by atoms with van der Waals surface area (Å²) in [6.07, 6.45) is 0.280. The number of hydrazone groups is 1. The van der Waals surface area contributed by atoms with Crippen LogP contribution < -0.4 is 9.47 Å². The van der Waals surface area contributed by atoms with Gasteiger partial charge in [0.15, 0.2) is 0 Å². The summed E-state index contributed by atoms with van der Waals surface area (Å²) in [7, 11) is 3.12. The Morgan fingerprint density at radius 1 is 1.13 bits per heavy atom. The first-order valence-electron chi connectivity index (χ1n) is 13.3. The maximum absolute atomic E-state index is 14.7. The molecule has 1 atom stereocenters. The molecule has 4 rings (SSSR count). The van der Waals surface area contributed by atoms with Gasteiger partial charge >= 0.3 is 0 Å². The molecule has 2 heterocycles. The van der Waals surface area contributed by atoms with E-state index >= 15 is 0 Å². The summed E-state index contributed by atoms with van der Waals surface area (Å²) in [5.74, 6) is 0.0133. The molecule has 1 unspecified atom stereocenters. The van der Waals surface area contributed by atoms with E-state index < -0.39 is 11.9 Å². The number of ether oxygens (including phenoxy) is 3. The van der Waals surface area contributed by atoms with Crippen molar-refractivity contribution < 1.29 is 28.2 Å². The van der Waals surface area contributed by atoms with Crippen LogP contribution in [0.3, 0.4) is 0 Å². The molecule has 0 aromatic heterocycles. The smallest absolute Gasteiger partial charge is 0.262 e. The number of morpholine rings is 1. The molecule has 2 aromatic carbocycles. The third-order valence-electron chi connectivity index (χ3n) is 7.07. The lowest BCUT2D eigenvalue weighted by molar-refractivity contribution is -0.143. The van der Waals surface area contributed by atoms with E-state index in [1.807, 2.05) is 13.8 Å². The van der Waals surface area contributed by atoms with Crippen LogP contribution in [0.5, 0.6) is 11.5 Å². The fourth-order valence-electron chi connectivity index (χ4n) is 4.90. The van der Waals surface area contributed by atoms with Gasteiger partial charge in [-0.05, 0) is 24.3 Å². The van der Waals surface area contributed by atoms with Gasteiger partial charge in [-0.15, -0.1) is 0 Å². The fourth-order valence-corrected chi connectivity index (χ4v) is 4.90. The first-order chi connectivity index (χ1) is 18.8. The van der Waals surface area contributed by atoms with Gasteiger partial charge in [-0.2, -0.15) is 5.10 Å². The van der Waals surface area contributed by atoms with Crippen molar-refractivity contribution in [3.8, 4) is 11.5 Å². The number of carbonyl (C=O) groups is 2. The summed E-state index contributed by atoms with van der Waals surface area (Å²) in [6, 6.07) is 11.2. The number of hydrogen-bond acceptors (Lipinski definition) is 7. The quantitative estimate of drug-likeness (QED) is 0.460. The van der Waals surface area contributed by atoms with Crippen LogP contribution in [0.2, 0.25) is 0 Å². The summed E-state index contributed by atoms with van der Waals surface area (Å²) in [6.45, 7) is 7.45. The van der Waals surface area contributed by atoms with Crippen molar-refractivity contribution in [2.75, 3.05) is 60.2 Å². The molecule has 2 aromatic rings. The number of methoxy groups -OCH3 is 2. The Morgan fingerprint density at radius 2 is 1.87 bits per heavy atom. The summed E-state index contributed by atoms with van der Waals surface area (Å²) < 4.78 is 31.2. The SMILES string of the molecule is COc1ccc(OC)c(C2CC(c3ccccc3F)=NN2C(=O)CN(CCN2CCOCC2)C(=O)C(C)C)c1. The maximum atomic E-state index is 14.7. The lowest BCUT2D eigenvalue weighted by Gasteiger charge is -2.32. The number of halogens is 1. The minimum Gasteiger partial charge on any atom is -0.497 e. The highest BCUT2D eigenvalue weighted by Gasteiger charge is 2.37. The number of rotatable bonds is 10. The average molecular weight is 541 g/mol. The van der Waals surface area contributed by atoms with Gasteiger partial charge < -0.3 is 19.1 Å². The standard InChI is InChI=1S/C29H37FN4O5/c1-20(2)29(36)33(12-11-32-13-15-39-16-14-32)19-28(35)34-26(23-17-21(37-3)9-10-27(23)38-4)18-25(31-34)22-7-5-6-8-24(22)30/h5-10,17,20,26H,11-16,18-19H2,1-4H3. The van der Waals surface area contributed by atoms with Gasteiger partial charge in [-0.25, -0.2) is 9.40 Å². The van der Waals surface area contributed by atoms with Gasteiger partial charge in [0.25, 0.3) is 5.91 Å². The van der Waals surface area contributed by atoms with Crippen LogP contribution in [-0.2, 0) is 14.3 Å². The molecule has 0 spiro atoms. The van der Waals surface area contributed by atoms with E-state index in [1.165, 1.54) is 11.1 Å². The van der Waals surface area contributed by atoms with E-state index in [4.69, 9.17) is 14.2 Å². The van der Waals surface area contributed by atoms with Crippen LogP contribution in [0.25, 0.3) is 0 Å². The fraction of sp³-hybridized carbons (Fsp3) is 0.483. The third kappa shape index (κ3) is 6.75. The lowest BCUT2D eigenvalue weighted by atomic mass is 9.97. The molecule has 9 nitrogen and oxygen atoms in total. The lowest BCUT2D eigenvalue weighted by Crippen LogP contribution is -2.47. The molecule has 0 bridgehead atoms. The number of nitrogens with zero attached hydrogens (tertiary/aromatic N) is 4. The Bertz CT molecular complexity index is 1200. The monoisotopic (exact) mass is 540 g/mol. The Morgan fingerprint density at radius 3 is 2.54 bits per heavy atom. The minimum absolute atomic E-state index is 0.107. The maximum Gasteiger partial charge on any atom is 0.262 e. The molecule has 210 valence electrons. The van der Waals surface area contributed by atoms with E-state index in [1.54, 1.807) is 55.5 Å². The summed E-state index contributed by atoms with van der Waals surface area (Å²) in [5.41, 5.74) is 1.48. The Kier molecular flexibility index (Phi) is 9.53. The third-order valence-corrected chi connectivity index (χ3v) is 7.07. The highest BCUT2D eigenvalue weighted by molar-refractivity contribution is 6.03. The molecule has 2 aliphatic heterocycles. The Hall–Kier alpha value is -3.50. The molecule has 2 aliphatic rings. The largest absolute Gasteiger partial charge is 0.497 e. The van der Waals surface area contributed by atoms with Crippen LogP contribution >= 0.6 is 0 Å². The molecule has 1 fully saturated rings. The normalized spacial score (nSPS) is 17.7. The van der Waals surface area contributed by atoms with Crippen molar-refractivity contribution in [2.24, 2.45) is 11.0 Å². The van der Waals surface area contributed by atoms with Gasteiger partial charge in [0.2, 0.25) is 5.91 Å². The molecular formula is C29H37FN4O5. The zero-order valence-corrected chi connectivity index (χ0v) is 23.1. The zero-order valence-electron chi connectivity index (χ0n) is 23.1. The van der Waals surface area contributed by atoms with E-state index in [0.29, 0.717) is 54.6 Å². The molecule has 1 saturated heterocycles. The predicted octanol–water partition coefficient (Wildman–Crippen LogP) is 3.34. The van der Waals surface area contributed by atoms with Gasteiger partial charge in [0.1, 0.15) is 23.9 Å². The molecule has 2 amide bonds. The van der Waals surface area contributed by atoms with Gasteiger partial charge in [-0.1, -0.05) is 32.0 Å².